The van der Waals surface area contributed by atoms with Gasteiger partial charge in [-0.25, -0.2) is 4.98 Å². The molecule has 0 amide bonds. The number of hydrogen-bond donors (Lipinski definition) is 1. The lowest BCUT2D eigenvalue weighted by Crippen LogP contribution is -2.26. The van der Waals surface area contributed by atoms with E-state index in [1.54, 1.807) is 0 Å². The van der Waals surface area contributed by atoms with Gasteiger partial charge in [-0.05, 0) is 35.8 Å². The van der Waals surface area contributed by atoms with Gasteiger partial charge in [0.05, 0.1) is 5.69 Å². The Kier molecular flexibility index (Phi) is 2.60. The maximum absolute atomic E-state index is 4.68. The molecule has 1 heterocycles. The zero-order valence-electron chi connectivity index (χ0n) is 12.5. The predicted octanol–water partition coefficient (Wildman–Crippen LogP) is 4.34. The van der Waals surface area contributed by atoms with E-state index in [4.69, 9.17) is 0 Å². The minimum atomic E-state index is 0.173. The number of aryl methyl sites for hydroxylation is 1. The summed E-state index contributed by atoms with van der Waals surface area (Å²) in [5.74, 6) is 1.59. The first-order chi connectivity index (χ1) is 8.88. The third-order valence-electron chi connectivity index (χ3n) is 4.21. The van der Waals surface area contributed by atoms with Gasteiger partial charge in [0.15, 0.2) is 0 Å². The third kappa shape index (κ3) is 1.90. The Hall–Kier alpha value is -1.57. The Morgan fingerprint density at radius 2 is 2.00 bits per heavy atom. The van der Waals surface area contributed by atoms with Crippen molar-refractivity contribution in [2.45, 2.75) is 52.4 Å². The number of nitrogens with zero attached hydrogens (tertiary/aromatic N) is 1. The highest BCUT2D eigenvalue weighted by Crippen LogP contribution is 2.42. The number of aromatic nitrogens is 2. The Morgan fingerprint density at radius 3 is 2.68 bits per heavy atom. The van der Waals surface area contributed by atoms with Gasteiger partial charge in [0.25, 0.3) is 0 Å². The van der Waals surface area contributed by atoms with Gasteiger partial charge in [0, 0.05) is 11.3 Å². The molecular formula is C17H22N2. The van der Waals surface area contributed by atoms with Crippen molar-refractivity contribution >= 4 is 0 Å². The standard InChI is InChI=1S/C17H22N2/c1-10(2)12-6-7-13-14(8-12)17(4,5)9-15-16(13)19-11(3)18-15/h6-8,10H,9H2,1-5H3,(H,18,19). The second kappa shape index (κ2) is 3.96. The molecule has 0 fully saturated rings. The lowest BCUT2D eigenvalue weighted by Gasteiger charge is -2.32. The molecule has 1 aromatic carbocycles. The van der Waals surface area contributed by atoms with Crippen LogP contribution in [0.25, 0.3) is 11.3 Å². The van der Waals surface area contributed by atoms with Gasteiger partial charge in [-0.1, -0.05) is 45.9 Å². The highest BCUT2D eigenvalue weighted by Gasteiger charge is 2.33. The summed E-state index contributed by atoms with van der Waals surface area (Å²) in [7, 11) is 0. The average Bonchev–Trinajstić information content (AvgIpc) is 2.68. The van der Waals surface area contributed by atoms with Crippen molar-refractivity contribution in [3.8, 4) is 11.3 Å². The lowest BCUT2D eigenvalue weighted by atomic mass is 9.72. The van der Waals surface area contributed by atoms with Gasteiger partial charge in [-0.3, -0.25) is 0 Å². The zero-order valence-corrected chi connectivity index (χ0v) is 12.5. The van der Waals surface area contributed by atoms with E-state index in [0.717, 1.165) is 17.9 Å². The number of fused-ring (bicyclic) bond motifs is 3. The highest BCUT2D eigenvalue weighted by atomic mass is 14.9. The number of nitrogens with one attached hydrogen (secondary N) is 1. The molecule has 2 aromatic rings. The molecule has 1 aromatic heterocycles. The maximum Gasteiger partial charge on any atom is 0.103 e. The Morgan fingerprint density at radius 1 is 1.26 bits per heavy atom. The van der Waals surface area contributed by atoms with E-state index < -0.39 is 0 Å². The first-order valence-corrected chi connectivity index (χ1v) is 7.09. The van der Waals surface area contributed by atoms with Crippen molar-refractivity contribution in [2.24, 2.45) is 0 Å². The first kappa shape index (κ1) is 12.5. The van der Waals surface area contributed by atoms with Crippen molar-refractivity contribution in [1.29, 1.82) is 0 Å². The molecular weight excluding hydrogens is 232 g/mol. The monoisotopic (exact) mass is 254 g/mol. The van der Waals surface area contributed by atoms with Gasteiger partial charge < -0.3 is 4.98 Å². The van der Waals surface area contributed by atoms with Gasteiger partial charge in [0.2, 0.25) is 0 Å². The molecule has 1 N–H and O–H groups in total. The van der Waals surface area contributed by atoms with Crippen LogP contribution in [0.4, 0.5) is 0 Å². The molecule has 3 rings (SSSR count). The van der Waals surface area contributed by atoms with E-state index in [1.165, 1.54) is 22.4 Å². The number of aromatic amines is 1. The maximum atomic E-state index is 4.68. The Labute approximate surface area is 115 Å². The van der Waals surface area contributed by atoms with Gasteiger partial charge in [0.1, 0.15) is 5.82 Å². The number of hydrogen-bond acceptors (Lipinski definition) is 1. The summed E-state index contributed by atoms with van der Waals surface area (Å²) in [5.41, 5.74) is 6.78. The molecule has 19 heavy (non-hydrogen) atoms. The SMILES string of the molecule is Cc1nc2c([nH]1)CC(C)(C)c1cc(C(C)C)ccc1-2. The van der Waals surface area contributed by atoms with Gasteiger partial charge >= 0.3 is 0 Å². The molecule has 0 bridgehead atoms. The van der Waals surface area contributed by atoms with E-state index in [0.29, 0.717) is 5.92 Å². The van der Waals surface area contributed by atoms with Crippen LogP contribution in [0.15, 0.2) is 18.2 Å². The quantitative estimate of drug-likeness (QED) is 0.805. The average molecular weight is 254 g/mol. The highest BCUT2D eigenvalue weighted by molar-refractivity contribution is 5.71. The fourth-order valence-electron chi connectivity index (χ4n) is 3.12. The number of benzene rings is 1. The summed E-state index contributed by atoms with van der Waals surface area (Å²) in [6, 6.07) is 6.89. The van der Waals surface area contributed by atoms with Crippen LogP contribution >= 0.6 is 0 Å². The van der Waals surface area contributed by atoms with Crippen LogP contribution in [-0.4, -0.2) is 9.97 Å². The molecule has 0 unspecified atom stereocenters. The van der Waals surface area contributed by atoms with E-state index in [2.05, 4.69) is 55.9 Å². The molecule has 0 atom stereocenters. The molecule has 1 aliphatic rings. The van der Waals surface area contributed by atoms with E-state index >= 15 is 0 Å². The van der Waals surface area contributed by atoms with Crippen LogP contribution < -0.4 is 0 Å². The smallest absolute Gasteiger partial charge is 0.103 e. The van der Waals surface area contributed by atoms with Crippen LogP contribution in [0.2, 0.25) is 0 Å². The van der Waals surface area contributed by atoms with Crippen molar-refractivity contribution in [1.82, 2.24) is 9.97 Å². The Balaban J connectivity index is 2.25. The summed E-state index contributed by atoms with van der Waals surface area (Å²) in [5, 5.41) is 0. The molecule has 2 nitrogen and oxygen atoms in total. The number of H-pyrrole nitrogens is 1. The van der Waals surface area contributed by atoms with Crippen LogP contribution in [0.3, 0.4) is 0 Å². The summed E-state index contributed by atoms with van der Waals surface area (Å²) in [4.78, 5) is 8.10. The fourth-order valence-corrected chi connectivity index (χ4v) is 3.12. The van der Waals surface area contributed by atoms with Crippen LogP contribution in [0, 0.1) is 6.92 Å². The van der Waals surface area contributed by atoms with Crippen molar-refractivity contribution in [2.75, 3.05) is 0 Å². The van der Waals surface area contributed by atoms with Gasteiger partial charge in [-0.2, -0.15) is 0 Å². The minimum absolute atomic E-state index is 0.173. The predicted molar refractivity (Wildman–Crippen MR) is 79.6 cm³/mol. The summed E-state index contributed by atoms with van der Waals surface area (Å²) in [6.45, 7) is 11.2. The molecule has 0 spiro atoms. The molecule has 0 radical (unpaired) electrons. The molecule has 0 saturated carbocycles. The molecule has 0 saturated heterocycles. The molecule has 0 aliphatic heterocycles. The van der Waals surface area contributed by atoms with Gasteiger partial charge in [-0.15, -0.1) is 0 Å². The summed E-state index contributed by atoms with van der Waals surface area (Å²) < 4.78 is 0. The topological polar surface area (TPSA) is 28.7 Å². The fraction of sp³-hybridized carbons (Fsp3) is 0.471. The first-order valence-electron chi connectivity index (χ1n) is 7.09. The molecule has 100 valence electrons. The second-order valence-corrected chi connectivity index (χ2v) is 6.67. The number of rotatable bonds is 1. The molecule has 1 aliphatic carbocycles. The van der Waals surface area contributed by atoms with Crippen molar-refractivity contribution in [3.63, 3.8) is 0 Å². The molecule has 2 heteroatoms. The van der Waals surface area contributed by atoms with Crippen LogP contribution in [0.1, 0.15) is 56.3 Å². The van der Waals surface area contributed by atoms with Crippen LogP contribution in [-0.2, 0) is 11.8 Å². The largest absolute Gasteiger partial charge is 0.346 e. The second-order valence-electron chi connectivity index (χ2n) is 6.67. The zero-order chi connectivity index (χ0) is 13.8. The van der Waals surface area contributed by atoms with E-state index in [-0.39, 0.29) is 5.41 Å². The normalized spacial score (nSPS) is 16.3. The Bertz CT molecular complexity index is 633. The number of imidazole rings is 1. The summed E-state index contributed by atoms with van der Waals surface area (Å²) in [6.07, 6.45) is 1.04. The third-order valence-corrected chi connectivity index (χ3v) is 4.21. The summed E-state index contributed by atoms with van der Waals surface area (Å²) >= 11 is 0. The minimum Gasteiger partial charge on any atom is -0.346 e. The van der Waals surface area contributed by atoms with E-state index in [1.807, 2.05) is 6.92 Å². The van der Waals surface area contributed by atoms with E-state index in [9.17, 15) is 0 Å². The van der Waals surface area contributed by atoms with Crippen molar-refractivity contribution in [3.05, 3.63) is 40.8 Å². The lowest BCUT2D eigenvalue weighted by molar-refractivity contribution is 0.509. The van der Waals surface area contributed by atoms with Crippen LogP contribution in [0.5, 0.6) is 0 Å². The van der Waals surface area contributed by atoms with Crippen molar-refractivity contribution < 1.29 is 0 Å².